The molecule has 462 valence electrons. The quantitative estimate of drug-likeness (QED) is 0.0190. The summed E-state index contributed by atoms with van der Waals surface area (Å²) in [6.07, 6.45) is 10.7. The number of nitrogens with zero attached hydrogens (tertiary/aromatic N) is 5. The molecular weight excluding hydrogens is 1110 g/mol. The number of aryl methyl sites for hydroxylation is 1. The van der Waals surface area contributed by atoms with Crippen LogP contribution in [-0.4, -0.2) is 143 Å². The summed E-state index contributed by atoms with van der Waals surface area (Å²) in [5.74, 6) is 1.03. The Bertz CT molecular complexity index is 3070. The summed E-state index contributed by atoms with van der Waals surface area (Å²) in [5.41, 5.74) is 6.87. The van der Waals surface area contributed by atoms with Crippen molar-refractivity contribution < 1.29 is 43.2 Å². The third-order valence-corrected chi connectivity index (χ3v) is 16.6. The van der Waals surface area contributed by atoms with Gasteiger partial charge in [0.05, 0.1) is 66.8 Å². The Kier molecular flexibility index (Phi) is 24.5. The van der Waals surface area contributed by atoms with Crippen LogP contribution in [-0.2, 0) is 40.7 Å². The molecule has 2 aliphatic heterocycles. The monoisotopic (exact) mass is 1200 g/mol. The predicted octanol–water partition coefficient (Wildman–Crippen LogP) is 8.84. The number of pyridine rings is 1. The number of hydrogen-bond donors (Lipinski definition) is 7. The molecule has 2 fully saturated rings. The van der Waals surface area contributed by atoms with E-state index in [1.54, 1.807) is 23.7 Å². The number of unbranched alkanes of at least 4 members (excludes halogenated alkanes) is 5. The van der Waals surface area contributed by atoms with Crippen molar-refractivity contribution in [3.05, 3.63) is 131 Å². The van der Waals surface area contributed by atoms with Gasteiger partial charge in [-0.2, -0.15) is 5.10 Å². The van der Waals surface area contributed by atoms with Crippen LogP contribution in [0.4, 0.5) is 5.69 Å². The molecule has 0 unspecified atom stereocenters. The number of ether oxygens (including phenoxy) is 4. The molecule has 86 heavy (non-hydrogen) atoms. The maximum atomic E-state index is 14.0. The Balaban J connectivity index is 0.622. The molecule has 0 bridgehead atoms. The van der Waals surface area contributed by atoms with E-state index < -0.39 is 29.1 Å². The summed E-state index contributed by atoms with van der Waals surface area (Å²) >= 11 is 1.58. The van der Waals surface area contributed by atoms with Crippen molar-refractivity contribution in [3.63, 3.8) is 0 Å². The minimum atomic E-state index is -0.872. The van der Waals surface area contributed by atoms with Crippen LogP contribution in [0.5, 0.6) is 5.75 Å². The number of H-pyrrole nitrogens is 1. The number of aliphatic hydroxyl groups is 1. The van der Waals surface area contributed by atoms with Crippen molar-refractivity contribution in [1.29, 1.82) is 0 Å². The van der Waals surface area contributed by atoms with Gasteiger partial charge in [0.2, 0.25) is 17.7 Å². The number of aliphatic hydroxyl groups excluding tert-OH is 1. The van der Waals surface area contributed by atoms with Gasteiger partial charge >= 0.3 is 0 Å². The largest absolute Gasteiger partial charge is 0.494 e. The van der Waals surface area contributed by atoms with Gasteiger partial charge in [-0.05, 0) is 136 Å². The lowest BCUT2D eigenvalue weighted by Crippen LogP contribution is -2.57. The van der Waals surface area contributed by atoms with E-state index in [2.05, 4.69) is 46.7 Å². The standard InChI is InChI=1S/C65H87N11O9S/c1-45(70-60(79)51-16-13-17-52(39-51)73-65(26-30-67-31-27-65)63-72-59(74-75-63)49-24-28-66-29-25-49)50-15-14-18-54(40-50)85-34-12-7-6-10-32-82-35-37-84-38-36-83-33-11-8-9-19-56(78)71-58(64(3,4)5)62(81)76-43-53(77)41-55(76)61(80)68-42-47-20-22-48(23-21-47)57-46(2)69-44-86-57/h13-18,20-25,28-29,39-40,44-45,53,55,58,67,73,77H,6-12,19,26-27,30-38,41-43H2,1-5H3,(H,68,80)(H,70,79)(H,71,78)(H,72,74,75)/t45-,53-,55+,58-/m1/s1. The molecule has 3 aromatic heterocycles. The topological polar surface area (TPSA) is 256 Å². The highest BCUT2D eigenvalue weighted by Crippen LogP contribution is 2.35. The lowest BCUT2D eigenvalue weighted by Gasteiger charge is -2.37. The number of amides is 4. The molecule has 0 aliphatic carbocycles. The second kappa shape index (κ2) is 32.6. The van der Waals surface area contributed by atoms with Crippen molar-refractivity contribution >= 4 is 40.7 Å². The lowest BCUT2D eigenvalue weighted by atomic mass is 9.85. The van der Waals surface area contributed by atoms with Crippen LogP contribution >= 0.6 is 11.3 Å². The summed E-state index contributed by atoms with van der Waals surface area (Å²) in [6.45, 7) is 15.3. The highest BCUT2D eigenvalue weighted by atomic mass is 32.1. The second-order valence-corrected chi connectivity index (χ2v) is 24.3. The average molecular weight is 1200 g/mol. The van der Waals surface area contributed by atoms with Crippen LogP contribution in [0.3, 0.4) is 0 Å². The number of benzene rings is 3. The molecule has 5 heterocycles. The Morgan fingerprint density at radius 1 is 0.802 bits per heavy atom. The number of anilines is 1. The Morgan fingerprint density at radius 3 is 2.19 bits per heavy atom. The van der Waals surface area contributed by atoms with Crippen LogP contribution in [0.1, 0.15) is 137 Å². The number of aromatic nitrogens is 5. The van der Waals surface area contributed by atoms with Crippen molar-refractivity contribution in [1.82, 2.24) is 51.3 Å². The number of aromatic amines is 1. The first-order valence-corrected chi connectivity index (χ1v) is 31.3. The van der Waals surface area contributed by atoms with E-state index in [9.17, 15) is 24.3 Å². The van der Waals surface area contributed by atoms with E-state index in [0.717, 1.165) is 115 Å². The molecular formula is C65H87N11O9S. The number of nitrogens with one attached hydrogen (secondary N) is 6. The predicted molar refractivity (Wildman–Crippen MR) is 332 cm³/mol. The molecule has 6 aromatic rings. The Labute approximate surface area is 509 Å². The third kappa shape index (κ3) is 19.2. The number of β-amino-alcohol motifs (C(OH)–C–C–N with tert-alkyl or cyclic N) is 1. The van der Waals surface area contributed by atoms with Gasteiger partial charge in [-0.25, -0.2) is 9.97 Å². The molecule has 7 N–H and O–H groups in total. The zero-order chi connectivity index (χ0) is 60.7. The first-order valence-electron chi connectivity index (χ1n) is 30.4. The summed E-state index contributed by atoms with van der Waals surface area (Å²) < 4.78 is 23.3. The second-order valence-electron chi connectivity index (χ2n) is 23.4. The van der Waals surface area contributed by atoms with Gasteiger partial charge in [0, 0.05) is 68.4 Å². The highest BCUT2D eigenvalue weighted by molar-refractivity contribution is 7.13. The molecule has 2 saturated heterocycles. The summed E-state index contributed by atoms with van der Waals surface area (Å²) in [5, 5.41) is 34.5. The molecule has 20 nitrogen and oxygen atoms in total. The Morgan fingerprint density at radius 2 is 1.49 bits per heavy atom. The molecule has 8 rings (SSSR count). The van der Waals surface area contributed by atoms with Crippen molar-refractivity contribution in [2.45, 2.75) is 142 Å². The minimum absolute atomic E-state index is 0.0211. The summed E-state index contributed by atoms with van der Waals surface area (Å²) in [7, 11) is 0. The number of hydrogen-bond acceptors (Lipinski definition) is 16. The van der Waals surface area contributed by atoms with Crippen molar-refractivity contribution in [2.24, 2.45) is 5.41 Å². The zero-order valence-corrected chi connectivity index (χ0v) is 51.4. The first kappa shape index (κ1) is 64.8. The fourth-order valence-corrected chi connectivity index (χ4v) is 11.5. The van der Waals surface area contributed by atoms with Gasteiger partial charge in [0.1, 0.15) is 17.8 Å². The van der Waals surface area contributed by atoms with E-state index in [0.29, 0.717) is 64.1 Å². The van der Waals surface area contributed by atoms with Crippen LogP contribution in [0.2, 0.25) is 0 Å². The minimum Gasteiger partial charge on any atom is -0.494 e. The molecule has 4 atom stereocenters. The summed E-state index contributed by atoms with van der Waals surface area (Å²) in [4.78, 5) is 70.1. The molecule has 0 radical (unpaired) electrons. The number of carbonyl (C=O) groups is 4. The molecule has 21 heteroatoms. The van der Waals surface area contributed by atoms with Gasteiger partial charge < -0.3 is 55.5 Å². The fourth-order valence-electron chi connectivity index (χ4n) is 10.7. The Hall–Kier alpha value is -7.14. The highest BCUT2D eigenvalue weighted by Gasteiger charge is 2.44. The molecule has 3 aromatic carbocycles. The van der Waals surface area contributed by atoms with Gasteiger partial charge in [0.15, 0.2) is 11.6 Å². The lowest BCUT2D eigenvalue weighted by molar-refractivity contribution is -0.144. The van der Waals surface area contributed by atoms with Gasteiger partial charge in [-0.3, -0.25) is 29.3 Å². The van der Waals surface area contributed by atoms with Crippen molar-refractivity contribution in [2.75, 3.05) is 71.2 Å². The fraction of sp³-hybridized carbons (Fsp3) is 0.508. The van der Waals surface area contributed by atoms with Gasteiger partial charge in [0.25, 0.3) is 5.91 Å². The van der Waals surface area contributed by atoms with E-state index in [1.165, 1.54) is 4.90 Å². The maximum absolute atomic E-state index is 14.0. The molecule has 2 aliphatic rings. The van der Waals surface area contributed by atoms with Crippen LogP contribution in [0.15, 0.2) is 103 Å². The number of piperidine rings is 1. The van der Waals surface area contributed by atoms with Crippen LogP contribution < -0.4 is 31.3 Å². The van der Waals surface area contributed by atoms with E-state index in [4.69, 9.17) is 23.9 Å². The van der Waals surface area contributed by atoms with Crippen LogP contribution in [0.25, 0.3) is 21.8 Å². The first-order chi connectivity index (χ1) is 41.7. The smallest absolute Gasteiger partial charge is 0.251 e. The normalized spacial score (nSPS) is 16.5. The third-order valence-electron chi connectivity index (χ3n) is 15.6. The number of carbonyl (C=O) groups excluding carboxylic acids is 4. The SMILES string of the molecule is Cc1ncsc1-c1ccc(CNC(=O)[C@@H]2C[C@@H](O)CN2C(=O)[C@@H](NC(=O)CCCCCOCCOCCOCCCCCCOc2cccc([C@@H](C)NC(=O)c3cccc(NC4(c5nc(-c6ccncc6)n[nH]5)CCNCC4)c3)c2)C(C)(C)C)cc1. The maximum Gasteiger partial charge on any atom is 0.251 e. The van der Waals surface area contributed by atoms with Gasteiger partial charge in [-0.15, -0.1) is 11.3 Å². The summed E-state index contributed by atoms with van der Waals surface area (Å²) in [6, 6.07) is 25.2. The molecule has 0 saturated carbocycles. The van der Waals surface area contributed by atoms with Crippen LogP contribution in [0, 0.1) is 12.3 Å². The molecule has 0 spiro atoms. The molecule has 4 amide bonds. The number of rotatable bonds is 33. The average Bonchev–Trinajstić information content (AvgIpc) is 2.51. The van der Waals surface area contributed by atoms with Crippen molar-refractivity contribution in [3.8, 4) is 27.6 Å². The number of thiazole rings is 1. The van der Waals surface area contributed by atoms with E-state index in [-0.39, 0.29) is 55.6 Å². The van der Waals surface area contributed by atoms with E-state index in [1.807, 2.05) is 125 Å². The van der Waals surface area contributed by atoms with Gasteiger partial charge in [-0.1, -0.05) is 76.1 Å². The number of likely N-dealkylation sites (tertiary alicyclic amines) is 1. The zero-order valence-electron chi connectivity index (χ0n) is 50.5. The van der Waals surface area contributed by atoms with E-state index >= 15 is 0 Å².